The molecule has 112 valence electrons. The maximum Gasteiger partial charge on any atom is 0.341 e. The third-order valence-corrected chi connectivity index (χ3v) is 3.28. The number of hydrogen-bond acceptors (Lipinski definition) is 3. The topological polar surface area (TPSA) is 68.5 Å². The van der Waals surface area contributed by atoms with Crippen molar-refractivity contribution in [3.8, 4) is 0 Å². The van der Waals surface area contributed by atoms with E-state index in [0.29, 0.717) is 19.6 Å². The molecule has 0 saturated carbocycles. The molecule has 1 heterocycles. The first-order valence-electron chi connectivity index (χ1n) is 6.60. The molecule has 0 bridgehead atoms. The minimum atomic E-state index is -1.31. The summed E-state index contributed by atoms with van der Waals surface area (Å²) < 4.78 is 20.4. The summed E-state index contributed by atoms with van der Waals surface area (Å²) in [5, 5.41) is 9.19. The second-order valence-corrected chi connectivity index (χ2v) is 4.71. The molecular weight excluding hydrogens is 277 g/mol. The molecule has 2 aromatic rings. The molecule has 2 rings (SSSR count). The van der Waals surface area contributed by atoms with Crippen LogP contribution in [0.15, 0.2) is 29.2 Å². The number of aromatic nitrogens is 1. The minimum absolute atomic E-state index is 0.0849. The lowest BCUT2D eigenvalue weighted by molar-refractivity contribution is 0.0694. The zero-order chi connectivity index (χ0) is 15.4. The molecule has 1 aromatic heterocycles. The average Bonchev–Trinajstić information content (AvgIpc) is 2.45. The largest absolute Gasteiger partial charge is 0.477 e. The predicted octanol–water partition coefficient (Wildman–Crippen LogP) is 2.27. The van der Waals surface area contributed by atoms with Gasteiger partial charge in [0.2, 0.25) is 5.43 Å². The van der Waals surface area contributed by atoms with E-state index in [2.05, 4.69) is 0 Å². The molecule has 0 spiro atoms. The molecular formula is C15H16FNO4. The van der Waals surface area contributed by atoms with Crippen LogP contribution in [-0.4, -0.2) is 29.4 Å². The second-order valence-electron chi connectivity index (χ2n) is 4.71. The van der Waals surface area contributed by atoms with Gasteiger partial charge >= 0.3 is 5.97 Å². The van der Waals surface area contributed by atoms with Crippen LogP contribution in [0.5, 0.6) is 0 Å². The molecule has 0 atom stereocenters. The number of pyridine rings is 1. The number of halogens is 1. The number of aromatic carboxylic acids is 1. The Kier molecular flexibility index (Phi) is 4.70. The van der Waals surface area contributed by atoms with Crippen molar-refractivity contribution in [3.05, 3.63) is 46.0 Å². The number of carboxylic acid groups (broad SMARTS) is 1. The van der Waals surface area contributed by atoms with Gasteiger partial charge in [0.05, 0.1) is 5.52 Å². The quantitative estimate of drug-likeness (QED) is 0.830. The number of hydrogen-bond donors (Lipinski definition) is 1. The Morgan fingerprint density at radius 2 is 2.14 bits per heavy atom. The highest BCUT2D eigenvalue weighted by Gasteiger charge is 2.16. The Hall–Kier alpha value is -2.21. The number of carboxylic acids is 1. The molecule has 0 amide bonds. The van der Waals surface area contributed by atoms with E-state index in [1.165, 1.54) is 29.0 Å². The first-order valence-corrected chi connectivity index (χ1v) is 6.60. The lowest BCUT2D eigenvalue weighted by Crippen LogP contribution is -2.19. The Morgan fingerprint density at radius 3 is 2.81 bits per heavy atom. The first kappa shape index (κ1) is 15.2. The zero-order valence-electron chi connectivity index (χ0n) is 11.6. The predicted molar refractivity (Wildman–Crippen MR) is 76.2 cm³/mol. The number of fused-ring (bicyclic) bond motifs is 1. The molecule has 0 unspecified atom stereocenters. The van der Waals surface area contributed by atoms with Crippen molar-refractivity contribution < 1.29 is 19.0 Å². The Bertz CT molecular complexity index is 723. The number of para-hydroxylation sites is 1. The van der Waals surface area contributed by atoms with Crippen LogP contribution in [0, 0.1) is 5.82 Å². The maximum absolute atomic E-state index is 14.0. The van der Waals surface area contributed by atoms with Crippen molar-refractivity contribution in [2.45, 2.75) is 19.4 Å². The van der Waals surface area contributed by atoms with E-state index in [0.717, 1.165) is 6.42 Å². The Balaban J connectivity index is 2.53. The van der Waals surface area contributed by atoms with Gasteiger partial charge in [-0.15, -0.1) is 0 Å². The van der Waals surface area contributed by atoms with Gasteiger partial charge in [0.1, 0.15) is 11.4 Å². The van der Waals surface area contributed by atoms with Crippen LogP contribution in [0.3, 0.4) is 0 Å². The highest BCUT2D eigenvalue weighted by molar-refractivity contribution is 5.92. The van der Waals surface area contributed by atoms with Gasteiger partial charge < -0.3 is 14.4 Å². The standard InChI is InChI=1S/C15H16FNO4/c1-21-8-3-2-7-17-9-11(15(19)20)14(18)10-5-4-6-12(16)13(10)17/h4-6,9H,2-3,7-8H2,1H3,(H,19,20). The van der Waals surface area contributed by atoms with Crippen molar-refractivity contribution in [3.63, 3.8) is 0 Å². The Labute approximate surface area is 120 Å². The van der Waals surface area contributed by atoms with Gasteiger partial charge in [-0.25, -0.2) is 9.18 Å². The van der Waals surface area contributed by atoms with Crippen LogP contribution in [0.2, 0.25) is 0 Å². The SMILES string of the molecule is COCCCCn1cc(C(=O)O)c(=O)c2cccc(F)c21. The number of nitrogens with zero attached hydrogens (tertiary/aromatic N) is 1. The van der Waals surface area contributed by atoms with Crippen LogP contribution in [0.25, 0.3) is 10.9 Å². The van der Waals surface area contributed by atoms with Gasteiger partial charge in [-0.2, -0.15) is 0 Å². The number of rotatable bonds is 6. The number of carbonyl (C=O) groups is 1. The summed E-state index contributed by atoms with van der Waals surface area (Å²) in [5.41, 5.74) is -0.866. The number of benzene rings is 1. The van der Waals surface area contributed by atoms with Crippen molar-refractivity contribution >= 4 is 16.9 Å². The summed E-state index contributed by atoms with van der Waals surface area (Å²) in [6.45, 7) is 0.994. The molecule has 0 radical (unpaired) electrons. The number of unbranched alkanes of at least 4 members (excludes halogenated alkanes) is 1. The monoisotopic (exact) mass is 293 g/mol. The smallest absolute Gasteiger partial charge is 0.341 e. The fourth-order valence-electron chi connectivity index (χ4n) is 2.27. The summed E-state index contributed by atoms with van der Waals surface area (Å²) in [6.07, 6.45) is 2.67. The molecule has 6 heteroatoms. The summed E-state index contributed by atoms with van der Waals surface area (Å²) >= 11 is 0. The summed E-state index contributed by atoms with van der Waals surface area (Å²) in [6, 6.07) is 4.10. The number of ether oxygens (including phenoxy) is 1. The van der Waals surface area contributed by atoms with Gasteiger partial charge in [-0.05, 0) is 25.0 Å². The summed E-state index contributed by atoms with van der Waals surface area (Å²) in [7, 11) is 1.59. The van der Waals surface area contributed by atoms with Crippen LogP contribution in [0.4, 0.5) is 4.39 Å². The fourth-order valence-corrected chi connectivity index (χ4v) is 2.27. The third-order valence-electron chi connectivity index (χ3n) is 3.28. The molecule has 0 aliphatic heterocycles. The molecule has 0 aliphatic carbocycles. The Morgan fingerprint density at radius 1 is 1.38 bits per heavy atom. The minimum Gasteiger partial charge on any atom is -0.477 e. The van der Waals surface area contributed by atoms with Crippen LogP contribution in [0.1, 0.15) is 23.2 Å². The summed E-state index contributed by atoms with van der Waals surface area (Å²) in [5.74, 6) is -1.84. The number of aryl methyl sites for hydroxylation is 1. The number of methoxy groups -OCH3 is 1. The van der Waals surface area contributed by atoms with Gasteiger partial charge in [0, 0.05) is 31.8 Å². The van der Waals surface area contributed by atoms with E-state index in [1.54, 1.807) is 7.11 Å². The van der Waals surface area contributed by atoms with E-state index in [4.69, 9.17) is 9.84 Å². The zero-order valence-corrected chi connectivity index (χ0v) is 11.6. The molecule has 0 fully saturated rings. The van der Waals surface area contributed by atoms with Crippen LogP contribution in [-0.2, 0) is 11.3 Å². The van der Waals surface area contributed by atoms with Crippen molar-refractivity contribution in [2.24, 2.45) is 0 Å². The van der Waals surface area contributed by atoms with Gasteiger partial charge in [-0.1, -0.05) is 6.07 Å². The van der Waals surface area contributed by atoms with Crippen LogP contribution < -0.4 is 5.43 Å². The highest BCUT2D eigenvalue weighted by atomic mass is 19.1. The maximum atomic E-state index is 14.0. The average molecular weight is 293 g/mol. The fraction of sp³-hybridized carbons (Fsp3) is 0.333. The van der Waals surface area contributed by atoms with E-state index >= 15 is 0 Å². The first-order chi connectivity index (χ1) is 10.1. The normalized spacial score (nSPS) is 11.0. The lowest BCUT2D eigenvalue weighted by Gasteiger charge is -2.12. The van der Waals surface area contributed by atoms with Crippen LogP contribution >= 0.6 is 0 Å². The van der Waals surface area contributed by atoms with E-state index in [9.17, 15) is 14.0 Å². The molecule has 1 aromatic carbocycles. The molecule has 0 saturated heterocycles. The van der Waals surface area contributed by atoms with Gasteiger partial charge in [0.25, 0.3) is 0 Å². The summed E-state index contributed by atoms with van der Waals surface area (Å²) in [4.78, 5) is 23.2. The van der Waals surface area contributed by atoms with Crippen molar-refractivity contribution in [1.29, 1.82) is 0 Å². The lowest BCUT2D eigenvalue weighted by atomic mass is 10.1. The van der Waals surface area contributed by atoms with Gasteiger partial charge in [0.15, 0.2) is 0 Å². The molecule has 0 aliphatic rings. The van der Waals surface area contributed by atoms with Crippen molar-refractivity contribution in [1.82, 2.24) is 4.57 Å². The van der Waals surface area contributed by atoms with Gasteiger partial charge in [-0.3, -0.25) is 4.79 Å². The second kappa shape index (κ2) is 6.49. The molecule has 1 N–H and O–H groups in total. The highest BCUT2D eigenvalue weighted by Crippen LogP contribution is 2.17. The van der Waals surface area contributed by atoms with Crippen molar-refractivity contribution in [2.75, 3.05) is 13.7 Å². The third kappa shape index (κ3) is 3.11. The molecule has 21 heavy (non-hydrogen) atoms. The van der Waals surface area contributed by atoms with E-state index < -0.39 is 17.2 Å². The van der Waals surface area contributed by atoms with E-state index in [1.807, 2.05) is 0 Å². The van der Waals surface area contributed by atoms with E-state index in [-0.39, 0.29) is 16.5 Å². The molecule has 5 nitrogen and oxygen atoms in total.